The molecule has 0 atom stereocenters. The van der Waals surface area contributed by atoms with Crippen LogP contribution in [0.1, 0.15) is 18.1 Å². The van der Waals surface area contributed by atoms with Gasteiger partial charge in [-0.15, -0.1) is 0 Å². The highest BCUT2D eigenvalue weighted by atomic mass is 32.1. The summed E-state index contributed by atoms with van der Waals surface area (Å²) in [5.41, 5.74) is 1.67. The summed E-state index contributed by atoms with van der Waals surface area (Å²) in [4.78, 5) is 24.2. The first-order chi connectivity index (χ1) is 15.0. The minimum Gasteiger partial charge on any atom is -0.490 e. The third-order valence-corrected chi connectivity index (χ3v) is 4.99. The normalized spacial score (nSPS) is 13.6. The van der Waals surface area contributed by atoms with E-state index < -0.39 is 11.8 Å². The van der Waals surface area contributed by atoms with Crippen LogP contribution in [0.15, 0.2) is 66.2 Å². The lowest BCUT2D eigenvalue weighted by Gasteiger charge is -2.17. The molecule has 0 aromatic heterocycles. The highest BCUT2D eigenvalue weighted by Crippen LogP contribution is 2.31. The topological polar surface area (TPSA) is 76.7 Å². The van der Waals surface area contributed by atoms with Crippen molar-refractivity contribution < 1.29 is 19.1 Å². The molecule has 31 heavy (non-hydrogen) atoms. The van der Waals surface area contributed by atoms with Gasteiger partial charge in [-0.25, -0.2) is 0 Å². The Morgan fingerprint density at radius 1 is 0.903 bits per heavy atom. The first-order valence-corrected chi connectivity index (χ1v) is 10.2. The number of carbonyl (C=O) groups is 2. The average Bonchev–Trinajstić information content (AvgIpc) is 2.76. The van der Waals surface area contributed by atoms with E-state index in [1.165, 1.54) is 6.08 Å². The molecule has 1 heterocycles. The number of thiocarbonyl (C=S) groups is 1. The lowest BCUT2D eigenvalue weighted by Crippen LogP contribution is -2.51. The van der Waals surface area contributed by atoms with Crippen LogP contribution in [0.5, 0.6) is 11.5 Å². The van der Waals surface area contributed by atoms with Crippen LogP contribution >= 0.6 is 12.2 Å². The van der Waals surface area contributed by atoms with E-state index in [0.29, 0.717) is 30.3 Å². The molecule has 2 N–H and O–H groups in total. The summed E-state index contributed by atoms with van der Waals surface area (Å²) in [6.07, 6.45) is 1.49. The maximum atomic E-state index is 12.1. The highest BCUT2D eigenvalue weighted by molar-refractivity contribution is 7.80. The second-order valence-electron chi connectivity index (χ2n) is 6.86. The van der Waals surface area contributed by atoms with Crippen LogP contribution in [-0.2, 0) is 16.2 Å². The van der Waals surface area contributed by atoms with Gasteiger partial charge in [0, 0.05) is 0 Å². The van der Waals surface area contributed by atoms with E-state index in [-0.39, 0.29) is 10.7 Å². The fourth-order valence-electron chi connectivity index (χ4n) is 3.35. The minimum atomic E-state index is -0.539. The molecule has 2 amide bonds. The van der Waals surface area contributed by atoms with Crippen molar-refractivity contribution in [3.8, 4) is 11.5 Å². The number of carbonyl (C=O) groups excluding carboxylic acids is 2. The van der Waals surface area contributed by atoms with Gasteiger partial charge in [0.15, 0.2) is 16.6 Å². The number of nitrogens with one attached hydrogen (secondary N) is 2. The Balaban J connectivity index is 1.59. The molecule has 7 heteroatoms. The van der Waals surface area contributed by atoms with Crippen LogP contribution in [-0.4, -0.2) is 23.5 Å². The standard InChI is InChI=1S/C24H20N2O4S/c1-2-29-21-13-15(12-19-22(27)25-24(31)26-23(19)28)10-11-20(21)30-14-17-8-5-7-16-6-3-4-9-18(16)17/h3-13H,2,14H2,1H3,(H2,25,26,27,28,31). The van der Waals surface area contributed by atoms with Crippen molar-refractivity contribution in [3.05, 3.63) is 77.4 Å². The summed E-state index contributed by atoms with van der Waals surface area (Å²) in [6, 6.07) is 19.5. The molecule has 3 aromatic carbocycles. The number of hydrogen-bond donors (Lipinski definition) is 2. The minimum absolute atomic E-state index is 0.000612. The Hall–Kier alpha value is -3.71. The molecule has 0 spiro atoms. The number of ether oxygens (including phenoxy) is 2. The van der Waals surface area contributed by atoms with E-state index in [9.17, 15) is 9.59 Å². The summed E-state index contributed by atoms with van der Waals surface area (Å²) in [5.74, 6) is 0.0332. The molecular weight excluding hydrogens is 412 g/mol. The molecule has 1 aliphatic rings. The van der Waals surface area contributed by atoms with Crippen LogP contribution in [0.25, 0.3) is 16.8 Å². The van der Waals surface area contributed by atoms with Crippen molar-refractivity contribution in [2.75, 3.05) is 6.61 Å². The third-order valence-electron chi connectivity index (χ3n) is 4.79. The second-order valence-corrected chi connectivity index (χ2v) is 7.27. The first kappa shape index (κ1) is 20.6. The van der Waals surface area contributed by atoms with Gasteiger partial charge in [0.25, 0.3) is 11.8 Å². The second kappa shape index (κ2) is 8.97. The number of rotatable bonds is 6. The summed E-state index contributed by atoms with van der Waals surface area (Å²) >= 11 is 4.82. The molecule has 0 unspecified atom stereocenters. The summed E-state index contributed by atoms with van der Waals surface area (Å²) in [5, 5.41) is 7.13. The van der Waals surface area contributed by atoms with Crippen molar-refractivity contribution in [1.82, 2.24) is 10.6 Å². The predicted octanol–water partition coefficient (Wildman–Crippen LogP) is 3.73. The smallest absolute Gasteiger partial charge is 0.263 e. The van der Waals surface area contributed by atoms with Crippen LogP contribution in [0.2, 0.25) is 0 Å². The summed E-state index contributed by atoms with van der Waals surface area (Å²) in [7, 11) is 0. The Kier molecular flexibility index (Phi) is 5.95. The van der Waals surface area contributed by atoms with Crippen LogP contribution in [0.4, 0.5) is 0 Å². The molecule has 0 aliphatic carbocycles. The number of amides is 2. The predicted molar refractivity (Wildman–Crippen MR) is 123 cm³/mol. The van der Waals surface area contributed by atoms with E-state index in [4.69, 9.17) is 21.7 Å². The molecule has 1 fully saturated rings. The fourth-order valence-corrected chi connectivity index (χ4v) is 3.53. The number of benzene rings is 3. The monoisotopic (exact) mass is 432 g/mol. The van der Waals surface area contributed by atoms with E-state index in [2.05, 4.69) is 28.8 Å². The van der Waals surface area contributed by atoms with E-state index in [0.717, 1.165) is 16.3 Å². The zero-order valence-electron chi connectivity index (χ0n) is 16.8. The van der Waals surface area contributed by atoms with Gasteiger partial charge in [0.2, 0.25) is 0 Å². The zero-order valence-corrected chi connectivity index (χ0v) is 17.6. The lowest BCUT2D eigenvalue weighted by atomic mass is 10.1. The Morgan fingerprint density at radius 2 is 1.65 bits per heavy atom. The summed E-state index contributed by atoms with van der Waals surface area (Å²) < 4.78 is 11.8. The molecule has 4 rings (SSSR count). The Bertz CT molecular complexity index is 1190. The van der Waals surface area contributed by atoms with Crippen LogP contribution < -0.4 is 20.1 Å². The van der Waals surface area contributed by atoms with E-state index in [1.54, 1.807) is 18.2 Å². The van der Waals surface area contributed by atoms with Gasteiger partial charge in [-0.2, -0.15) is 0 Å². The quantitative estimate of drug-likeness (QED) is 0.353. The first-order valence-electron chi connectivity index (χ1n) is 9.80. The van der Waals surface area contributed by atoms with E-state index >= 15 is 0 Å². The summed E-state index contributed by atoms with van der Waals surface area (Å²) in [6.45, 7) is 2.70. The SMILES string of the molecule is CCOc1cc(C=C2C(=O)NC(=S)NC2=O)ccc1OCc1cccc2ccccc12. The maximum Gasteiger partial charge on any atom is 0.263 e. The van der Waals surface area contributed by atoms with Gasteiger partial charge in [-0.05, 0) is 59.2 Å². The molecular formula is C24H20N2O4S. The van der Waals surface area contributed by atoms with Gasteiger partial charge in [0.05, 0.1) is 6.61 Å². The molecule has 3 aromatic rings. The average molecular weight is 433 g/mol. The van der Waals surface area contributed by atoms with Gasteiger partial charge < -0.3 is 9.47 Å². The van der Waals surface area contributed by atoms with E-state index in [1.807, 2.05) is 31.2 Å². The van der Waals surface area contributed by atoms with Crippen LogP contribution in [0.3, 0.4) is 0 Å². The zero-order chi connectivity index (χ0) is 21.8. The van der Waals surface area contributed by atoms with Crippen molar-refractivity contribution >= 4 is 46.0 Å². The third kappa shape index (κ3) is 4.57. The lowest BCUT2D eigenvalue weighted by molar-refractivity contribution is -0.123. The van der Waals surface area contributed by atoms with Gasteiger partial charge in [-0.3, -0.25) is 20.2 Å². The Labute approximate surface area is 184 Å². The van der Waals surface area contributed by atoms with Crippen molar-refractivity contribution in [2.45, 2.75) is 13.5 Å². The largest absolute Gasteiger partial charge is 0.490 e. The molecule has 1 saturated heterocycles. The van der Waals surface area contributed by atoms with Crippen molar-refractivity contribution in [1.29, 1.82) is 0 Å². The Morgan fingerprint density at radius 3 is 2.42 bits per heavy atom. The van der Waals surface area contributed by atoms with Gasteiger partial charge >= 0.3 is 0 Å². The number of fused-ring (bicyclic) bond motifs is 1. The molecule has 156 valence electrons. The molecule has 0 radical (unpaired) electrons. The van der Waals surface area contributed by atoms with Crippen LogP contribution in [0, 0.1) is 0 Å². The molecule has 0 bridgehead atoms. The molecule has 6 nitrogen and oxygen atoms in total. The van der Waals surface area contributed by atoms with Crippen molar-refractivity contribution in [3.63, 3.8) is 0 Å². The fraction of sp³-hybridized carbons (Fsp3) is 0.125. The van der Waals surface area contributed by atoms with Gasteiger partial charge in [0.1, 0.15) is 12.2 Å². The van der Waals surface area contributed by atoms with Gasteiger partial charge in [-0.1, -0.05) is 48.5 Å². The highest BCUT2D eigenvalue weighted by Gasteiger charge is 2.25. The molecule has 0 saturated carbocycles. The van der Waals surface area contributed by atoms with Crippen molar-refractivity contribution in [2.24, 2.45) is 0 Å². The maximum absolute atomic E-state index is 12.1. The number of hydrogen-bond acceptors (Lipinski definition) is 5. The molecule has 1 aliphatic heterocycles.